The maximum atomic E-state index is 12.5. The van der Waals surface area contributed by atoms with Gasteiger partial charge in [0.1, 0.15) is 17.5 Å². The lowest BCUT2D eigenvalue weighted by Gasteiger charge is -2.03. The zero-order valence-corrected chi connectivity index (χ0v) is 7.42. The maximum Gasteiger partial charge on any atom is 0.138 e. The molecule has 0 aromatic heterocycles. The van der Waals surface area contributed by atoms with Crippen molar-refractivity contribution < 1.29 is 9.18 Å². The van der Waals surface area contributed by atoms with Crippen LogP contribution in [0, 0.1) is 16.5 Å². The highest BCUT2D eigenvalue weighted by atomic mass is 32.2. The van der Waals surface area contributed by atoms with Crippen molar-refractivity contribution in [2.75, 3.05) is 0 Å². The van der Waals surface area contributed by atoms with Crippen molar-refractivity contribution in [1.29, 1.82) is 5.26 Å². The molecule has 66 valence electrons. The highest BCUT2D eigenvalue weighted by molar-refractivity contribution is 8.04. The van der Waals surface area contributed by atoms with E-state index in [9.17, 15) is 9.18 Å². The molecule has 1 atom stereocenters. The number of hydrogen-bond acceptors (Lipinski definition) is 3. The molecule has 0 bridgehead atoms. The van der Waals surface area contributed by atoms with E-state index in [0.717, 1.165) is 11.8 Å². The van der Waals surface area contributed by atoms with E-state index in [1.54, 1.807) is 0 Å². The first kappa shape index (κ1) is 9.75. The molecule has 0 amide bonds. The minimum atomic E-state index is -0.523. The zero-order valence-electron chi connectivity index (χ0n) is 6.61. The highest BCUT2D eigenvalue weighted by Crippen LogP contribution is 2.25. The van der Waals surface area contributed by atoms with Crippen LogP contribution >= 0.6 is 11.8 Å². The fourth-order valence-corrected chi connectivity index (χ4v) is 1.35. The summed E-state index contributed by atoms with van der Waals surface area (Å²) in [6.45, 7) is 0. The standard InChI is InChI=1S/C9H6FNOS/c10-8-3-1-7(2-4-8)9(5-12)13-6-11/h1-5,9H. The van der Waals surface area contributed by atoms with Crippen LogP contribution in [0.4, 0.5) is 4.39 Å². The monoisotopic (exact) mass is 195 g/mol. The number of benzene rings is 1. The Bertz CT molecular complexity index is 330. The van der Waals surface area contributed by atoms with Gasteiger partial charge in [0, 0.05) is 0 Å². The second-order valence-corrected chi connectivity index (χ2v) is 3.24. The Balaban J connectivity index is 2.86. The van der Waals surface area contributed by atoms with Crippen molar-refractivity contribution in [3.63, 3.8) is 0 Å². The number of hydrogen-bond donors (Lipinski definition) is 0. The zero-order chi connectivity index (χ0) is 9.68. The number of carbonyl (C=O) groups is 1. The van der Waals surface area contributed by atoms with Crippen LogP contribution in [-0.4, -0.2) is 6.29 Å². The summed E-state index contributed by atoms with van der Waals surface area (Å²) in [4.78, 5) is 10.5. The molecule has 0 saturated heterocycles. The van der Waals surface area contributed by atoms with Crippen LogP contribution in [0.2, 0.25) is 0 Å². The lowest BCUT2D eigenvalue weighted by Crippen LogP contribution is -1.93. The molecule has 13 heavy (non-hydrogen) atoms. The van der Waals surface area contributed by atoms with Gasteiger partial charge in [0.25, 0.3) is 0 Å². The molecule has 2 nitrogen and oxygen atoms in total. The Morgan fingerprint density at radius 2 is 2.08 bits per heavy atom. The summed E-state index contributed by atoms with van der Waals surface area (Å²) in [5, 5.41) is 9.66. The number of carbonyl (C=O) groups excluding carboxylic acids is 1. The lowest BCUT2D eigenvalue weighted by atomic mass is 10.2. The van der Waals surface area contributed by atoms with Crippen LogP contribution in [-0.2, 0) is 4.79 Å². The van der Waals surface area contributed by atoms with Crippen LogP contribution in [0.3, 0.4) is 0 Å². The number of aldehydes is 1. The molecular weight excluding hydrogens is 189 g/mol. The van der Waals surface area contributed by atoms with Crippen molar-refractivity contribution in [3.05, 3.63) is 35.6 Å². The number of thioether (sulfide) groups is 1. The third-order valence-electron chi connectivity index (χ3n) is 1.50. The molecule has 1 rings (SSSR count). The van der Waals surface area contributed by atoms with Crippen LogP contribution in [0.25, 0.3) is 0 Å². The molecule has 0 heterocycles. The fourth-order valence-electron chi connectivity index (χ4n) is 0.884. The van der Waals surface area contributed by atoms with Gasteiger partial charge >= 0.3 is 0 Å². The topological polar surface area (TPSA) is 40.9 Å². The molecule has 0 radical (unpaired) electrons. The van der Waals surface area contributed by atoms with E-state index in [0.29, 0.717) is 11.8 Å². The van der Waals surface area contributed by atoms with Crippen LogP contribution < -0.4 is 0 Å². The first-order valence-corrected chi connectivity index (χ1v) is 4.41. The first-order chi connectivity index (χ1) is 6.27. The fraction of sp³-hybridized carbons (Fsp3) is 0.111. The van der Waals surface area contributed by atoms with Gasteiger partial charge in [-0.05, 0) is 29.5 Å². The Morgan fingerprint density at radius 1 is 1.46 bits per heavy atom. The van der Waals surface area contributed by atoms with Gasteiger partial charge in [0.2, 0.25) is 0 Å². The minimum Gasteiger partial charge on any atom is -0.302 e. The van der Waals surface area contributed by atoms with Crippen molar-refractivity contribution in [3.8, 4) is 5.40 Å². The van der Waals surface area contributed by atoms with Gasteiger partial charge < -0.3 is 4.79 Å². The third kappa shape index (κ3) is 2.56. The summed E-state index contributed by atoms with van der Waals surface area (Å²) < 4.78 is 12.5. The van der Waals surface area contributed by atoms with E-state index in [1.165, 1.54) is 24.3 Å². The molecular formula is C9H6FNOS. The number of nitrogens with zero attached hydrogens (tertiary/aromatic N) is 1. The average Bonchev–Trinajstić information content (AvgIpc) is 2.16. The first-order valence-electron chi connectivity index (χ1n) is 3.53. The molecule has 0 aliphatic rings. The second-order valence-electron chi connectivity index (χ2n) is 2.32. The normalized spacial score (nSPS) is 11.7. The van der Waals surface area contributed by atoms with Gasteiger partial charge in [-0.25, -0.2) is 4.39 Å². The molecule has 0 aliphatic carbocycles. The maximum absolute atomic E-state index is 12.5. The summed E-state index contributed by atoms with van der Waals surface area (Å²) in [6.07, 6.45) is 0.668. The number of rotatable bonds is 3. The Hall–Kier alpha value is -1.34. The van der Waals surface area contributed by atoms with E-state index < -0.39 is 5.25 Å². The average molecular weight is 195 g/mol. The van der Waals surface area contributed by atoms with E-state index in [2.05, 4.69) is 0 Å². The van der Waals surface area contributed by atoms with E-state index in [-0.39, 0.29) is 5.82 Å². The van der Waals surface area contributed by atoms with Gasteiger partial charge in [-0.15, -0.1) is 0 Å². The molecule has 1 aromatic carbocycles. The number of nitriles is 1. The molecule has 0 saturated carbocycles. The summed E-state index contributed by atoms with van der Waals surface area (Å²) >= 11 is 0.850. The van der Waals surface area contributed by atoms with Gasteiger partial charge in [-0.1, -0.05) is 12.1 Å². The summed E-state index contributed by atoms with van der Waals surface area (Å²) in [6, 6.07) is 5.53. The summed E-state index contributed by atoms with van der Waals surface area (Å²) in [5.41, 5.74) is 0.642. The largest absolute Gasteiger partial charge is 0.302 e. The smallest absolute Gasteiger partial charge is 0.138 e. The molecule has 1 aromatic rings. The minimum absolute atomic E-state index is 0.352. The van der Waals surface area contributed by atoms with Gasteiger partial charge in [-0.3, -0.25) is 0 Å². The quantitative estimate of drug-likeness (QED) is 0.548. The van der Waals surface area contributed by atoms with E-state index >= 15 is 0 Å². The molecule has 0 N–H and O–H groups in total. The molecule has 0 aliphatic heterocycles. The summed E-state index contributed by atoms with van der Waals surface area (Å²) in [5.74, 6) is -0.352. The Labute approximate surface area is 79.4 Å². The molecule has 0 spiro atoms. The Kier molecular flexibility index (Phi) is 3.47. The van der Waals surface area contributed by atoms with E-state index in [4.69, 9.17) is 5.26 Å². The molecule has 0 fully saturated rings. The predicted molar refractivity (Wildman–Crippen MR) is 48.4 cm³/mol. The van der Waals surface area contributed by atoms with Gasteiger partial charge in [0.15, 0.2) is 0 Å². The predicted octanol–water partition coefficient (Wildman–Crippen LogP) is 2.28. The SMILES string of the molecule is N#CSC(C=O)c1ccc(F)cc1. The Morgan fingerprint density at radius 3 is 2.54 bits per heavy atom. The van der Waals surface area contributed by atoms with Gasteiger partial charge in [-0.2, -0.15) is 5.26 Å². The van der Waals surface area contributed by atoms with Gasteiger partial charge in [0.05, 0.1) is 5.25 Å². The molecule has 1 unspecified atom stereocenters. The van der Waals surface area contributed by atoms with Crippen molar-refractivity contribution in [2.45, 2.75) is 5.25 Å². The lowest BCUT2D eigenvalue weighted by molar-refractivity contribution is -0.107. The van der Waals surface area contributed by atoms with Crippen LogP contribution in [0.15, 0.2) is 24.3 Å². The third-order valence-corrected chi connectivity index (χ3v) is 2.24. The number of halogens is 1. The van der Waals surface area contributed by atoms with Crippen LogP contribution in [0.5, 0.6) is 0 Å². The van der Waals surface area contributed by atoms with Crippen molar-refractivity contribution in [1.82, 2.24) is 0 Å². The van der Waals surface area contributed by atoms with Crippen molar-refractivity contribution in [2.24, 2.45) is 0 Å². The highest BCUT2D eigenvalue weighted by Gasteiger charge is 2.10. The molecule has 4 heteroatoms. The van der Waals surface area contributed by atoms with Crippen LogP contribution in [0.1, 0.15) is 10.8 Å². The second kappa shape index (κ2) is 4.63. The van der Waals surface area contributed by atoms with Crippen molar-refractivity contribution >= 4 is 18.0 Å². The van der Waals surface area contributed by atoms with E-state index in [1.807, 2.05) is 5.40 Å². The summed E-state index contributed by atoms with van der Waals surface area (Å²) in [7, 11) is 0. The number of thiocyanates is 1.